The predicted octanol–water partition coefficient (Wildman–Crippen LogP) is 3.19. The van der Waals surface area contributed by atoms with E-state index in [-0.39, 0.29) is 5.69 Å². The molecule has 0 saturated carbocycles. The van der Waals surface area contributed by atoms with Crippen molar-refractivity contribution in [2.24, 2.45) is 0 Å². The Morgan fingerprint density at radius 2 is 2.05 bits per heavy atom. The number of hydrogen-bond donors (Lipinski definition) is 2. The van der Waals surface area contributed by atoms with E-state index in [9.17, 15) is 4.79 Å². The van der Waals surface area contributed by atoms with Crippen molar-refractivity contribution in [1.82, 2.24) is 4.98 Å². The van der Waals surface area contributed by atoms with Crippen molar-refractivity contribution in [2.45, 2.75) is 6.92 Å². The Morgan fingerprint density at radius 1 is 1.35 bits per heavy atom. The van der Waals surface area contributed by atoms with E-state index >= 15 is 0 Å². The molecule has 0 spiro atoms. The second-order valence-electron chi connectivity index (χ2n) is 3.97. The van der Waals surface area contributed by atoms with E-state index in [2.05, 4.69) is 32.9 Å². The molecule has 5 nitrogen and oxygen atoms in total. The van der Waals surface area contributed by atoms with Crippen LogP contribution in [0.25, 0.3) is 0 Å². The van der Waals surface area contributed by atoms with Crippen molar-refractivity contribution < 1.29 is 9.53 Å². The number of carbonyl (C=O) groups is 1. The topological polar surface area (TPSA) is 77.2 Å². The minimum atomic E-state index is -0.446. The highest BCUT2D eigenvalue weighted by molar-refractivity contribution is 14.1. The van der Waals surface area contributed by atoms with Crippen LogP contribution in [0.15, 0.2) is 36.5 Å². The zero-order valence-electron chi connectivity index (χ0n) is 10.9. The molecule has 0 amide bonds. The zero-order chi connectivity index (χ0) is 14.5. The first kappa shape index (κ1) is 14.6. The number of rotatable bonds is 4. The minimum Gasteiger partial charge on any atom is -0.462 e. The molecule has 6 heteroatoms. The molecule has 0 saturated heterocycles. The summed E-state index contributed by atoms with van der Waals surface area (Å²) in [4.78, 5) is 15.9. The summed E-state index contributed by atoms with van der Waals surface area (Å²) in [6, 6.07) is 9.31. The van der Waals surface area contributed by atoms with Gasteiger partial charge in [0.05, 0.1) is 17.9 Å². The van der Waals surface area contributed by atoms with Gasteiger partial charge in [-0.3, -0.25) is 0 Å². The van der Waals surface area contributed by atoms with Gasteiger partial charge in [-0.25, -0.2) is 9.78 Å². The predicted molar refractivity (Wildman–Crippen MR) is 87.0 cm³/mol. The van der Waals surface area contributed by atoms with Gasteiger partial charge in [-0.1, -0.05) is 0 Å². The fourth-order valence-corrected chi connectivity index (χ4v) is 1.99. The highest BCUT2D eigenvalue weighted by atomic mass is 127. The molecule has 3 N–H and O–H groups in total. The third-order valence-corrected chi connectivity index (χ3v) is 3.31. The minimum absolute atomic E-state index is 0.282. The second-order valence-corrected chi connectivity index (χ2v) is 5.22. The fourth-order valence-electron chi connectivity index (χ4n) is 1.63. The first-order chi connectivity index (χ1) is 9.61. The van der Waals surface area contributed by atoms with Crippen molar-refractivity contribution >= 4 is 45.8 Å². The number of halogens is 1. The molecule has 0 atom stereocenters. The molecule has 0 fully saturated rings. The Morgan fingerprint density at radius 3 is 2.70 bits per heavy atom. The first-order valence-corrected chi connectivity index (χ1v) is 7.14. The van der Waals surface area contributed by atoms with Gasteiger partial charge >= 0.3 is 5.97 Å². The van der Waals surface area contributed by atoms with Crippen LogP contribution in [-0.2, 0) is 4.74 Å². The van der Waals surface area contributed by atoms with Crippen LogP contribution in [0.4, 0.5) is 17.2 Å². The fraction of sp³-hybridized carbons (Fsp3) is 0.143. The van der Waals surface area contributed by atoms with Crippen LogP contribution in [0, 0.1) is 3.57 Å². The summed E-state index contributed by atoms with van der Waals surface area (Å²) >= 11 is 2.23. The van der Waals surface area contributed by atoms with Gasteiger partial charge in [-0.05, 0) is 59.8 Å². The van der Waals surface area contributed by atoms with Crippen LogP contribution in [0.2, 0.25) is 0 Å². The van der Waals surface area contributed by atoms with Crippen LogP contribution in [0.5, 0.6) is 0 Å². The van der Waals surface area contributed by atoms with Crippen molar-refractivity contribution in [1.29, 1.82) is 0 Å². The number of aromatic nitrogens is 1. The number of nitrogens with two attached hydrogens (primary N) is 1. The van der Waals surface area contributed by atoms with Crippen LogP contribution >= 0.6 is 22.6 Å². The summed E-state index contributed by atoms with van der Waals surface area (Å²) in [6.45, 7) is 2.06. The maximum Gasteiger partial charge on any atom is 0.340 e. The van der Waals surface area contributed by atoms with Gasteiger partial charge in [-0.2, -0.15) is 0 Å². The SMILES string of the molecule is CCOC(=O)c1ccnc(Nc2ccc(I)cc2)c1N. The molecule has 1 aromatic carbocycles. The molecule has 0 unspecified atom stereocenters. The molecule has 1 aromatic heterocycles. The number of benzene rings is 1. The van der Waals surface area contributed by atoms with Crippen LogP contribution < -0.4 is 11.1 Å². The van der Waals surface area contributed by atoms with Gasteiger partial charge in [0.2, 0.25) is 0 Å². The van der Waals surface area contributed by atoms with Gasteiger partial charge in [0.25, 0.3) is 0 Å². The number of carbonyl (C=O) groups excluding carboxylic acids is 1. The lowest BCUT2D eigenvalue weighted by Gasteiger charge is -2.11. The van der Waals surface area contributed by atoms with E-state index in [0.29, 0.717) is 18.0 Å². The van der Waals surface area contributed by atoms with E-state index in [1.54, 1.807) is 13.0 Å². The van der Waals surface area contributed by atoms with Crippen LogP contribution in [0.3, 0.4) is 0 Å². The van der Waals surface area contributed by atoms with Crippen LogP contribution in [-0.4, -0.2) is 17.6 Å². The summed E-state index contributed by atoms with van der Waals surface area (Å²) in [5.74, 6) is -0.00480. The van der Waals surface area contributed by atoms with E-state index in [1.165, 1.54) is 6.20 Å². The average molecular weight is 383 g/mol. The molecule has 20 heavy (non-hydrogen) atoms. The smallest absolute Gasteiger partial charge is 0.340 e. The standard InChI is InChI=1S/C14H14IN3O2/c1-2-20-14(19)11-7-8-17-13(12(11)16)18-10-5-3-9(15)4-6-10/h3-8H,2,16H2,1H3,(H,17,18). The molecule has 2 rings (SSSR count). The summed E-state index contributed by atoms with van der Waals surface area (Å²) in [7, 11) is 0. The maximum atomic E-state index is 11.8. The third kappa shape index (κ3) is 3.38. The van der Waals surface area contributed by atoms with Crippen molar-refractivity contribution in [3.63, 3.8) is 0 Å². The van der Waals surface area contributed by atoms with Gasteiger partial charge in [0.1, 0.15) is 0 Å². The van der Waals surface area contributed by atoms with Crippen molar-refractivity contribution in [2.75, 3.05) is 17.7 Å². The Balaban J connectivity index is 2.26. The Kier molecular flexibility index (Phi) is 4.78. The molecule has 0 aliphatic rings. The summed E-state index contributed by atoms with van der Waals surface area (Å²) in [6.07, 6.45) is 1.53. The highest BCUT2D eigenvalue weighted by Gasteiger charge is 2.14. The Bertz CT molecular complexity index is 614. The number of nitrogen functional groups attached to an aromatic ring is 1. The molecule has 0 aliphatic carbocycles. The highest BCUT2D eigenvalue weighted by Crippen LogP contribution is 2.24. The summed E-state index contributed by atoms with van der Waals surface area (Å²) in [5.41, 5.74) is 7.41. The number of ether oxygens (including phenoxy) is 1. The molecular formula is C14H14IN3O2. The molecule has 1 heterocycles. The Labute approximate surface area is 130 Å². The molecule has 2 aromatic rings. The third-order valence-electron chi connectivity index (χ3n) is 2.59. The first-order valence-electron chi connectivity index (χ1n) is 6.06. The monoisotopic (exact) mass is 383 g/mol. The molecule has 0 bridgehead atoms. The number of nitrogens with zero attached hydrogens (tertiary/aromatic N) is 1. The van der Waals surface area contributed by atoms with Gasteiger partial charge in [-0.15, -0.1) is 0 Å². The zero-order valence-corrected chi connectivity index (χ0v) is 13.0. The van der Waals surface area contributed by atoms with E-state index in [1.807, 2.05) is 24.3 Å². The largest absolute Gasteiger partial charge is 0.462 e. The lowest BCUT2D eigenvalue weighted by molar-refractivity contribution is 0.0527. The van der Waals surface area contributed by atoms with E-state index in [4.69, 9.17) is 10.5 Å². The number of pyridine rings is 1. The number of anilines is 3. The number of esters is 1. The normalized spacial score (nSPS) is 10.1. The molecule has 104 valence electrons. The molecular weight excluding hydrogens is 369 g/mol. The lowest BCUT2D eigenvalue weighted by Crippen LogP contribution is -2.10. The Hall–Kier alpha value is -1.83. The average Bonchev–Trinajstić information content (AvgIpc) is 2.44. The summed E-state index contributed by atoms with van der Waals surface area (Å²) in [5, 5.41) is 3.09. The summed E-state index contributed by atoms with van der Waals surface area (Å²) < 4.78 is 6.09. The van der Waals surface area contributed by atoms with Gasteiger partial charge in [0.15, 0.2) is 5.82 Å². The lowest BCUT2D eigenvalue weighted by atomic mass is 10.2. The van der Waals surface area contributed by atoms with E-state index < -0.39 is 5.97 Å². The van der Waals surface area contributed by atoms with Gasteiger partial charge < -0.3 is 15.8 Å². The molecule has 0 radical (unpaired) electrons. The van der Waals surface area contributed by atoms with Crippen LogP contribution in [0.1, 0.15) is 17.3 Å². The van der Waals surface area contributed by atoms with E-state index in [0.717, 1.165) is 9.26 Å². The molecule has 0 aliphatic heterocycles. The van der Waals surface area contributed by atoms with Crippen molar-refractivity contribution in [3.8, 4) is 0 Å². The maximum absolute atomic E-state index is 11.8. The second kappa shape index (κ2) is 6.56. The quantitative estimate of drug-likeness (QED) is 0.627. The number of nitrogens with one attached hydrogen (secondary N) is 1. The van der Waals surface area contributed by atoms with Gasteiger partial charge in [0, 0.05) is 15.5 Å². The number of hydrogen-bond acceptors (Lipinski definition) is 5. The van der Waals surface area contributed by atoms with Crippen molar-refractivity contribution in [3.05, 3.63) is 45.7 Å².